The van der Waals surface area contributed by atoms with Crippen molar-refractivity contribution in [2.45, 2.75) is 45.2 Å². The lowest BCUT2D eigenvalue weighted by atomic mass is 10.2. The molecule has 0 spiro atoms. The van der Waals surface area contributed by atoms with Crippen LogP contribution in [0.25, 0.3) is 0 Å². The Morgan fingerprint density at radius 2 is 2.37 bits per heavy atom. The first-order valence-electron chi connectivity index (χ1n) is 7.35. The Balaban J connectivity index is 1.92. The molecule has 0 amide bonds. The predicted octanol–water partition coefficient (Wildman–Crippen LogP) is 3.09. The van der Waals surface area contributed by atoms with E-state index in [1.165, 1.54) is 32.2 Å². The molecule has 0 bridgehead atoms. The van der Waals surface area contributed by atoms with E-state index in [4.69, 9.17) is 11.6 Å². The van der Waals surface area contributed by atoms with E-state index in [1.54, 1.807) is 0 Å². The first-order valence-corrected chi connectivity index (χ1v) is 7.73. The molecule has 0 aromatic carbocycles. The van der Waals surface area contributed by atoms with Gasteiger partial charge in [0.2, 0.25) is 0 Å². The first-order chi connectivity index (χ1) is 9.28. The summed E-state index contributed by atoms with van der Waals surface area (Å²) in [7, 11) is 0. The molecule has 1 atom stereocenters. The van der Waals surface area contributed by atoms with Crippen LogP contribution in [0.1, 0.15) is 38.3 Å². The number of nitrogens with zero attached hydrogens (tertiary/aromatic N) is 2. The quantitative estimate of drug-likeness (QED) is 0.779. The van der Waals surface area contributed by atoms with Gasteiger partial charge in [0, 0.05) is 19.1 Å². The zero-order valence-electron chi connectivity index (χ0n) is 11.7. The van der Waals surface area contributed by atoms with Crippen LogP contribution in [-0.4, -0.2) is 35.6 Å². The van der Waals surface area contributed by atoms with Crippen molar-refractivity contribution in [3.05, 3.63) is 29.0 Å². The lowest BCUT2D eigenvalue weighted by molar-refractivity contribution is 0.235. The molecule has 0 saturated carbocycles. The van der Waals surface area contributed by atoms with Crippen molar-refractivity contribution >= 4 is 11.6 Å². The van der Waals surface area contributed by atoms with E-state index >= 15 is 0 Å². The van der Waals surface area contributed by atoms with Gasteiger partial charge >= 0.3 is 0 Å². The fourth-order valence-electron chi connectivity index (χ4n) is 2.61. The van der Waals surface area contributed by atoms with Crippen molar-refractivity contribution in [2.75, 3.05) is 19.6 Å². The summed E-state index contributed by atoms with van der Waals surface area (Å²) in [4.78, 5) is 6.90. The van der Waals surface area contributed by atoms with Crippen LogP contribution in [0.4, 0.5) is 0 Å². The fraction of sp³-hybridized carbons (Fsp3) is 0.667. The van der Waals surface area contributed by atoms with Crippen molar-refractivity contribution in [1.29, 1.82) is 0 Å². The third-order valence-corrected chi connectivity index (χ3v) is 3.84. The Morgan fingerprint density at radius 1 is 1.47 bits per heavy atom. The lowest BCUT2D eigenvalue weighted by Crippen LogP contribution is -2.37. The molecule has 3 nitrogen and oxygen atoms in total. The van der Waals surface area contributed by atoms with Crippen LogP contribution in [0.3, 0.4) is 0 Å². The maximum atomic E-state index is 5.96. The van der Waals surface area contributed by atoms with E-state index in [0.717, 1.165) is 25.3 Å². The molecule has 1 aromatic rings. The maximum absolute atomic E-state index is 5.96. The lowest BCUT2D eigenvalue weighted by Gasteiger charge is -2.25. The van der Waals surface area contributed by atoms with Crippen LogP contribution in [0.15, 0.2) is 18.2 Å². The number of halogens is 1. The van der Waals surface area contributed by atoms with Gasteiger partial charge in [-0.3, -0.25) is 4.90 Å². The minimum atomic E-state index is 0.590. The van der Waals surface area contributed by atoms with Gasteiger partial charge in [0.05, 0.1) is 5.69 Å². The Hall–Kier alpha value is -0.640. The van der Waals surface area contributed by atoms with Gasteiger partial charge in [0.15, 0.2) is 0 Å². The van der Waals surface area contributed by atoms with Gasteiger partial charge < -0.3 is 5.32 Å². The third-order valence-electron chi connectivity index (χ3n) is 3.63. The zero-order chi connectivity index (χ0) is 13.5. The van der Waals surface area contributed by atoms with E-state index in [9.17, 15) is 0 Å². The summed E-state index contributed by atoms with van der Waals surface area (Å²) in [5.41, 5.74) is 1.07. The van der Waals surface area contributed by atoms with Gasteiger partial charge in [-0.25, -0.2) is 4.98 Å². The van der Waals surface area contributed by atoms with Crippen LogP contribution >= 0.6 is 11.6 Å². The second-order valence-electron chi connectivity index (χ2n) is 5.33. The second-order valence-corrected chi connectivity index (χ2v) is 5.72. The molecule has 2 rings (SSSR count). The number of rotatable bonds is 7. The van der Waals surface area contributed by atoms with E-state index in [2.05, 4.69) is 28.2 Å². The number of hydrogen-bond acceptors (Lipinski definition) is 3. The summed E-state index contributed by atoms with van der Waals surface area (Å²) in [6, 6.07) is 6.53. The standard InChI is InChI=1S/C15H24ClN3/c1-2-3-10-19(11-13-7-5-9-17-13)12-14-6-4-8-15(16)18-14/h4,6,8,13,17H,2-3,5,7,9-12H2,1H3. The van der Waals surface area contributed by atoms with E-state index in [-0.39, 0.29) is 0 Å². The molecule has 1 fully saturated rings. The number of nitrogens with one attached hydrogen (secondary N) is 1. The topological polar surface area (TPSA) is 28.2 Å². The molecule has 1 unspecified atom stereocenters. The first kappa shape index (κ1) is 14.8. The van der Waals surface area contributed by atoms with Crippen molar-refractivity contribution in [2.24, 2.45) is 0 Å². The molecule has 1 N–H and O–H groups in total. The molecule has 4 heteroatoms. The van der Waals surface area contributed by atoms with Gasteiger partial charge in [-0.15, -0.1) is 0 Å². The zero-order valence-corrected chi connectivity index (χ0v) is 12.5. The fourth-order valence-corrected chi connectivity index (χ4v) is 2.79. The average molecular weight is 282 g/mol. The molecule has 0 radical (unpaired) electrons. The number of hydrogen-bond donors (Lipinski definition) is 1. The molecule has 1 aliphatic heterocycles. The Bertz CT molecular complexity index is 377. The summed E-state index contributed by atoms with van der Waals surface area (Å²) in [5, 5.41) is 4.16. The van der Waals surface area contributed by atoms with Gasteiger partial charge in [-0.1, -0.05) is 31.0 Å². The van der Waals surface area contributed by atoms with E-state index < -0.39 is 0 Å². The van der Waals surface area contributed by atoms with Gasteiger partial charge in [-0.05, 0) is 44.5 Å². The van der Waals surface area contributed by atoms with Crippen molar-refractivity contribution < 1.29 is 0 Å². The van der Waals surface area contributed by atoms with Gasteiger partial charge in [-0.2, -0.15) is 0 Å². The van der Waals surface area contributed by atoms with Crippen LogP contribution in [0.5, 0.6) is 0 Å². The number of pyridine rings is 1. The second kappa shape index (κ2) is 7.83. The molecule has 1 aromatic heterocycles. The minimum Gasteiger partial charge on any atom is -0.313 e. The number of unbranched alkanes of at least 4 members (excludes halogenated alkanes) is 1. The van der Waals surface area contributed by atoms with E-state index in [1.807, 2.05) is 12.1 Å². The Kier molecular flexibility index (Phi) is 6.08. The molecule has 1 saturated heterocycles. The molecular formula is C15H24ClN3. The highest BCUT2D eigenvalue weighted by molar-refractivity contribution is 6.29. The van der Waals surface area contributed by atoms with Crippen LogP contribution in [-0.2, 0) is 6.54 Å². The molecule has 0 aliphatic carbocycles. The normalized spacial score (nSPS) is 19.2. The third kappa shape index (κ3) is 5.09. The Labute approximate surface area is 121 Å². The molecule has 1 aliphatic rings. The largest absolute Gasteiger partial charge is 0.313 e. The predicted molar refractivity (Wildman–Crippen MR) is 80.5 cm³/mol. The summed E-state index contributed by atoms with van der Waals surface area (Å²) in [6.45, 7) is 6.57. The smallest absolute Gasteiger partial charge is 0.129 e. The van der Waals surface area contributed by atoms with Crippen LogP contribution in [0.2, 0.25) is 5.15 Å². The average Bonchev–Trinajstić information content (AvgIpc) is 2.89. The van der Waals surface area contributed by atoms with Crippen molar-refractivity contribution in [1.82, 2.24) is 15.2 Å². The minimum absolute atomic E-state index is 0.590. The molecule has 106 valence electrons. The highest BCUT2D eigenvalue weighted by atomic mass is 35.5. The summed E-state index contributed by atoms with van der Waals surface area (Å²) in [6.07, 6.45) is 5.08. The molecule has 2 heterocycles. The molecular weight excluding hydrogens is 258 g/mol. The monoisotopic (exact) mass is 281 g/mol. The van der Waals surface area contributed by atoms with Gasteiger partial charge in [0.25, 0.3) is 0 Å². The summed E-state index contributed by atoms with van der Waals surface area (Å²) in [5.74, 6) is 0. The van der Waals surface area contributed by atoms with E-state index in [0.29, 0.717) is 11.2 Å². The van der Waals surface area contributed by atoms with Crippen molar-refractivity contribution in [3.63, 3.8) is 0 Å². The highest BCUT2D eigenvalue weighted by Gasteiger charge is 2.18. The van der Waals surface area contributed by atoms with Crippen LogP contribution in [0, 0.1) is 0 Å². The summed E-state index contributed by atoms with van der Waals surface area (Å²) >= 11 is 5.96. The number of aromatic nitrogens is 1. The SMILES string of the molecule is CCCCN(Cc1cccc(Cl)n1)CC1CCCN1. The van der Waals surface area contributed by atoms with Crippen molar-refractivity contribution in [3.8, 4) is 0 Å². The van der Waals surface area contributed by atoms with Gasteiger partial charge in [0.1, 0.15) is 5.15 Å². The van der Waals surface area contributed by atoms with Crippen LogP contribution < -0.4 is 5.32 Å². The maximum Gasteiger partial charge on any atom is 0.129 e. The molecule has 19 heavy (non-hydrogen) atoms. The highest BCUT2D eigenvalue weighted by Crippen LogP contribution is 2.12. The Morgan fingerprint density at radius 3 is 3.05 bits per heavy atom. The summed E-state index contributed by atoms with van der Waals surface area (Å²) < 4.78 is 0.